The first kappa shape index (κ1) is 17.1. The van der Waals surface area contributed by atoms with Crippen LogP contribution in [0.4, 0.5) is 17.6 Å². The summed E-state index contributed by atoms with van der Waals surface area (Å²) in [6.07, 6.45) is 3.31. The number of halogens is 4. The molecule has 2 amide bonds. The predicted molar refractivity (Wildman–Crippen MR) is 69.7 cm³/mol. The normalized spacial score (nSPS) is 32.6. The van der Waals surface area contributed by atoms with Crippen LogP contribution >= 0.6 is 0 Å². The first-order valence-electron chi connectivity index (χ1n) is 6.84. The minimum absolute atomic E-state index is 0.329. The lowest BCUT2D eigenvalue weighted by atomic mass is 9.85. The molecule has 132 valence electrons. The molecule has 0 aromatic carbocycles. The highest BCUT2D eigenvalue weighted by Gasteiger charge is 2.68. The Bertz CT molecular complexity index is 732. The number of alkyl halides is 4. The van der Waals surface area contributed by atoms with Gasteiger partial charge in [0.2, 0.25) is 0 Å². The maximum absolute atomic E-state index is 13.5. The molecule has 3 aliphatic rings. The van der Waals surface area contributed by atoms with Crippen molar-refractivity contribution >= 4 is 21.9 Å². The fourth-order valence-electron chi connectivity index (χ4n) is 3.38. The van der Waals surface area contributed by atoms with Gasteiger partial charge in [0, 0.05) is 0 Å². The number of carbonyl (C=O) groups excluding carboxylic acids is 2. The molecule has 1 heterocycles. The SMILES string of the molecule is C=CC(F)(F)C(F)(F)S(=O)(=O)ON1C(=O)C2C3C=CC(C3)C2C1=O. The smallest absolute Gasteiger partial charge is 0.272 e. The maximum atomic E-state index is 13.5. The Morgan fingerprint density at radius 1 is 1.12 bits per heavy atom. The molecule has 0 N–H and O–H groups in total. The molecule has 1 saturated heterocycles. The van der Waals surface area contributed by atoms with Gasteiger partial charge in [-0.25, -0.2) is 0 Å². The molecule has 0 aromatic heterocycles. The molecule has 6 nitrogen and oxygen atoms in total. The van der Waals surface area contributed by atoms with Gasteiger partial charge in [0.25, 0.3) is 11.8 Å². The number of hydrogen-bond donors (Lipinski definition) is 0. The molecular weight excluding hydrogens is 358 g/mol. The van der Waals surface area contributed by atoms with Gasteiger partial charge in [-0.3, -0.25) is 9.59 Å². The average molecular weight is 369 g/mol. The Labute approximate surface area is 133 Å². The number of nitrogens with zero attached hydrogens (tertiary/aromatic N) is 1. The van der Waals surface area contributed by atoms with Crippen molar-refractivity contribution in [3.63, 3.8) is 0 Å². The van der Waals surface area contributed by atoms with Crippen molar-refractivity contribution in [2.75, 3.05) is 0 Å². The van der Waals surface area contributed by atoms with Crippen molar-refractivity contribution in [3.05, 3.63) is 24.8 Å². The van der Waals surface area contributed by atoms with Gasteiger partial charge in [0.05, 0.1) is 11.8 Å². The summed E-state index contributed by atoms with van der Waals surface area (Å²) in [5.41, 5.74) is 0. The van der Waals surface area contributed by atoms with E-state index in [0.717, 1.165) is 0 Å². The van der Waals surface area contributed by atoms with Crippen molar-refractivity contribution in [2.45, 2.75) is 17.6 Å². The Morgan fingerprint density at radius 3 is 2.00 bits per heavy atom. The van der Waals surface area contributed by atoms with E-state index < -0.39 is 51.0 Å². The molecule has 2 fully saturated rings. The largest absolute Gasteiger partial charge is 0.437 e. The topological polar surface area (TPSA) is 80.8 Å². The van der Waals surface area contributed by atoms with Gasteiger partial charge in [-0.05, 0) is 24.3 Å². The highest BCUT2D eigenvalue weighted by atomic mass is 32.2. The van der Waals surface area contributed by atoms with Crippen LogP contribution in [-0.2, 0) is 24.0 Å². The van der Waals surface area contributed by atoms with Gasteiger partial charge in [-0.1, -0.05) is 18.7 Å². The summed E-state index contributed by atoms with van der Waals surface area (Å²) in [4.78, 5) is 24.3. The summed E-state index contributed by atoms with van der Waals surface area (Å²) < 4.78 is 80.3. The summed E-state index contributed by atoms with van der Waals surface area (Å²) in [7, 11) is -6.32. The Kier molecular flexibility index (Phi) is 3.48. The number of imide groups is 1. The first-order chi connectivity index (χ1) is 10.9. The molecule has 0 spiro atoms. The number of allylic oxidation sites excluding steroid dienone is 3. The van der Waals surface area contributed by atoms with Crippen molar-refractivity contribution in [2.24, 2.45) is 23.7 Å². The second kappa shape index (κ2) is 4.88. The minimum atomic E-state index is -6.32. The van der Waals surface area contributed by atoms with Crippen LogP contribution in [0, 0.1) is 23.7 Å². The van der Waals surface area contributed by atoms with Gasteiger partial charge in [-0.2, -0.15) is 26.0 Å². The van der Waals surface area contributed by atoms with Crippen LogP contribution in [0.25, 0.3) is 0 Å². The summed E-state index contributed by atoms with van der Waals surface area (Å²) in [5.74, 6) is -9.89. The summed E-state index contributed by atoms with van der Waals surface area (Å²) in [6, 6.07) is 0. The number of amides is 2. The number of rotatable bonds is 5. The summed E-state index contributed by atoms with van der Waals surface area (Å²) in [6.45, 7) is 2.44. The predicted octanol–water partition coefficient (Wildman–Crippen LogP) is 1.47. The fourth-order valence-corrected chi connectivity index (χ4v) is 4.23. The van der Waals surface area contributed by atoms with E-state index in [9.17, 15) is 35.6 Å². The maximum Gasteiger partial charge on any atom is 0.437 e. The van der Waals surface area contributed by atoms with Crippen molar-refractivity contribution in [1.82, 2.24) is 5.06 Å². The van der Waals surface area contributed by atoms with E-state index in [0.29, 0.717) is 6.42 Å². The van der Waals surface area contributed by atoms with Gasteiger partial charge in [0.15, 0.2) is 0 Å². The fraction of sp³-hybridized carbons (Fsp3) is 0.538. The third-order valence-electron chi connectivity index (χ3n) is 4.56. The van der Waals surface area contributed by atoms with Crippen LogP contribution < -0.4 is 0 Å². The molecule has 4 unspecified atom stereocenters. The van der Waals surface area contributed by atoms with E-state index in [1.54, 1.807) is 12.2 Å². The zero-order chi connectivity index (χ0) is 18.1. The lowest BCUT2D eigenvalue weighted by Crippen LogP contribution is -2.49. The molecule has 11 heteroatoms. The monoisotopic (exact) mass is 369 g/mol. The summed E-state index contributed by atoms with van der Waals surface area (Å²) in [5, 5.41) is -6.03. The number of carbonyl (C=O) groups is 2. The molecule has 1 saturated carbocycles. The Balaban J connectivity index is 1.88. The molecule has 1 aliphatic heterocycles. The third-order valence-corrected chi connectivity index (χ3v) is 5.81. The molecular formula is C13H11F4NO5S. The van der Waals surface area contributed by atoms with Crippen LogP contribution in [0.3, 0.4) is 0 Å². The lowest BCUT2D eigenvalue weighted by molar-refractivity contribution is -0.173. The second-order valence-corrected chi connectivity index (χ2v) is 7.41. The minimum Gasteiger partial charge on any atom is -0.272 e. The molecule has 2 bridgehead atoms. The molecule has 0 aromatic rings. The number of hydrogen-bond acceptors (Lipinski definition) is 5. The van der Waals surface area contributed by atoms with E-state index in [-0.39, 0.29) is 16.9 Å². The van der Waals surface area contributed by atoms with Crippen LogP contribution in [-0.4, -0.2) is 36.5 Å². The number of hydroxylamine groups is 2. The summed E-state index contributed by atoms with van der Waals surface area (Å²) >= 11 is 0. The van der Waals surface area contributed by atoms with Crippen molar-refractivity contribution in [3.8, 4) is 0 Å². The molecule has 4 atom stereocenters. The molecule has 24 heavy (non-hydrogen) atoms. The zero-order valence-corrected chi connectivity index (χ0v) is 12.7. The Hall–Kier alpha value is -1.75. The van der Waals surface area contributed by atoms with Gasteiger partial charge < -0.3 is 0 Å². The quantitative estimate of drug-likeness (QED) is 0.417. The van der Waals surface area contributed by atoms with Crippen LogP contribution in [0.2, 0.25) is 0 Å². The van der Waals surface area contributed by atoms with E-state index >= 15 is 0 Å². The van der Waals surface area contributed by atoms with E-state index in [4.69, 9.17) is 0 Å². The van der Waals surface area contributed by atoms with Crippen LogP contribution in [0.15, 0.2) is 24.8 Å². The van der Waals surface area contributed by atoms with Gasteiger partial charge in [0.1, 0.15) is 0 Å². The van der Waals surface area contributed by atoms with E-state index in [1.165, 1.54) is 0 Å². The molecule has 3 rings (SSSR count). The van der Waals surface area contributed by atoms with Gasteiger partial charge >= 0.3 is 21.3 Å². The second-order valence-electron chi connectivity index (χ2n) is 5.84. The van der Waals surface area contributed by atoms with Crippen molar-refractivity contribution < 1.29 is 39.9 Å². The highest BCUT2D eigenvalue weighted by Crippen LogP contribution is 2.53. The highest BCUT2D eigenvalue weighted by molar-refractivity contribution is 7.87. The van der Waals surface area contributed by atoms with Gasteiger partial charge in [-0.15, -0.1) is 9.35 Å². The average Bonchev–Trinajstić information content (AvgIpc) is 3.16. The Morgan fingerprint density at radius 2 is 1.58 bits per heavy atom. The van der Waals surface area contributed by atoms with E-state index in [1.807, 2.05) is 0 Å². The number of fused-ring (bicyclic) bond motifs is 5. The van der Waals surface area contributed by atoms with Crippen LogP contribution in [0.1, 0.15) is 6.42 Å². The zero-order valence-electron chi connectivity index (χ0n) is 11.9. The molecule has 0 radical (unpaired) electrons. The van der Waals surface area contributed by atoms with Crippen molar-refractivity contribution in [1.29, 1.82) is 0 Å². The lowest BCUT2D eigenvalue weighted by Gasteiger charge is -2.24. The first-order valence-corrected chi connectivity index (χ1v) is 8.25. The van der Waals surface area contributed by atoms with Crippen LogP contribution in [0.5, 0.6) is 0 Å². The van der Waals surface area contributed by atoms with E-state index in [2.05, 4.69) is 10.9 Å². The molecule has 2 aliphatic carbocycles. The third kappa shape index (κ3) is 2.00. The standard InChI is InChI=1S/C13H11F4NO5S/c1-2-12(14,15)13(16,17)24(21,22)23-18-10(19)8-6-3-4-7(5-6)9(8)11(18)20/h2-4,6-9H,1,5H2.